The number of likely N-dealkylation sites (tertiary alicyclic amines) is 1. The molecule has 4 heteroatoms. The van der Waals surface area contributed by atoms with E-state index < -0.39 is 6.10 Å². The van der Waals surface area contributed by atoms with Crippen LogP contribution in [0.1, 0.15) is 40.5 Å². The predicted molar refractivity (Wildman–Crippen MR) is 106 cm³/mol. The van der Waals surface area contributed by atoms with Gasteiger partial charge in [-0.1, -0.05) is 36.4 Å². The summed E-state index contributed by atoms with van der Waals surface area (Å²) in [6, 6.07) is 14.1. The second-order valence-electron chi connectivity index (χ2n) is 8.74. The van der Waals surface area contributed by atoms with Crippen molar-refractivity contribution in [3.05, 3.63) is 42.5 Å². The number of β-amino-alcohol motifs (C(OH)–C–C–N with tert-alkyl or cyclic N) is 1. The summed E-state index contributed by atoms with van der Waals surface area (Å²) in [5.74, 6) is 0.801. The molecular weight excluding hydrogens is 326 g/mol. The highest BCUT2D eigenvalue weighted by Crippen LogP contribution is 2.38. The normalized spacial score (nSPS) is 21.6. The zero-order chi connectivity index (χ0) is 18.9. The minimum absolute atomic E-state index is 0.165. The number of ether oxygens (including phenoxy) is 1. The van der Waals surface area contributed by atoms with E-state index in [0.29, 0.717) is 19.4 Å². The fraction of sp³-hybridized carbons (Fsp3) is 0.545. The predicted octanol–water partition coefficient (Wildman–Crippen LogP) is 3.59. The van der Waals surface area contributed by atoms with E-state index >= 15 is 0 Å². The first-order chi connectivity index (χ1) is 12.2. The Balaban J connectivity index is 1.67. The molecule has 0 bridgehead atoms. The molecule has 0 radical (unpaired) electrons. The zero-order valence-corrected chi connectivity index (χ0v) is 16.3. The largest absolute Gasteiger partial charge is 0.490 e. The molecule has 2 aromatic carbocycles. The summed E-state index contributed by atoms with van der Waals surface area (Å²) in [6.07, 6.45) is 0.545. The van der Waals surface area contributed by atoms with Crippen LogP contribution in [0.5, 0.6) is 5.75 Å². The van der Waals surface area contributed by atoms with Crippen LogP contribution < -0.4 is 4.74 Å². The molecule has 0 amide bonds. The molecule has 3 rings (SSSR count). The lowest BCUT2D eigenvalue weighted by Gasteiger charge is -2.54. The SMILES string of the molecule is CC1(C)CC(O)CC(C)(C)N1C[C@H](O)COc1cccc2ccccc12. The van der Waals surface area contributed by atoms with Crippen LogP contribution in [0.4, 0.5) is 0 Å². The van der Waals surface area contributed by atoms with Crippen LogP contribution in [0.15, 0.2) is 42.5 Å². The maximum atomic E-state index is 10.6. The molecule has 26 heavy (non-hydrogen) atoms. The molecule has 1 fully saturated rings. The molecule has 1 aliphatic rings. The molecule has 0 saturated carbocycles. The summed E-state index contributed by atoms with van der Waals surface area (Å²) in [6.45, 7) is 9.31. The van der Waals surface area contributed by atoms with Gasteiger partial charge in [0.05, 0.1) is 6.10 Å². The van der Waals surface area contributed by atoms with Crippen LogP contribution >= 0.6 is 0 Å². The molecule has 0 unspecified atom stereocenters. The van der Waals surface area contributed by atoms with Crippen LogP contribution in [0.3, 0.4) is 0 Å². The molecule has 1 saturated heterocycles. The maximum absolute atomic E-state index is 10.6. The Bertz CT molecular complexity index is 733. The number of aliphatic hydroxyl groups is 2. The van der Waals surface area contributed by atoms with Crippen LogP contribution in [0.25, 0.3) is 10.8 Å². The fourth-order valence-electron chi connectivity index (χ4n) is 4.53. The van der Waals surface area contributed by atoms with Gasteiger partial charge in [0.15, 0.2) is 0 Å². The van der Waals surface area contributed by atoms with Crippen LogP contribution in [-0.2, 0) is 0 Å². The monoisotopic (exact) mass is 357 g/mol. The van der Waals surface area contributed by atoms with Gasteiger partial charge in [0.25, 0.3) is 0 Å². The summed E-state index contributed by atoms with van der Waals surface area (Å²) >= 11 is 0. The summed E-state index contributed by atoms with van der Waals surface area (Å²) in [5, 5.41) is 23.0. The van der Waals surface area contributed by atoms with Gasteiger partial charge in [0.1, 0.15) is 18.5 Å². The van der Waals surface area contributed by atoms with Gasteiger partial charge in [-0.3, -0.25) is 4.90 Å². The van der Waals surface area contributed by atoms with E-state index in [-0.39, 0.29) is 23.8 Å². The number of hydrogen-bond acceptors (Lipinski definition) is 4. The molecular formula is C22H31NO3. The summed E-state index contributed by atoms with van der Waals surface area (Å²) in [7, 11) is 0. The van der Waals surface area contributed by atoms with Crippen LogP contribution in [0, 0.1) is 0 Å². The van der Waals surface area contributed by atoms with E-state index in [1.165, 1.54) is 0 Å². The van der Waals surface area contributed by atoms with E-state index in [1.807, 2.05) is 30.3 Å². The molecule has 1 atom stereocenters. The van der Waals surface area contributed by atoms with Gasteiger partial charge >= 0.3 is 0 Å². The van der Waals surface area contributed by atoms with Crippen molar-refractivity contribution < 1.29 is 14.9 Å². The maximum Gasteiger partial charge on any atom is 0.127 e. The zero-order valence-electron chi connectivity index (χ0n) is 16.3. The average Bonchev–Trinajstić information content (AvgIpc) is 2.55. The smallest absolute Gasteiger partial charge is 0.127 e. The third-order valence-electron chi connectivity index (χ3n) is 5.51. The Morgan fingerprint density at radius 2 is 1.65 bits per heavy atom. The molecule has 0 spiro atoms. The highest BCUT2D eigenvalue weighted by atomic mass is 16.5. The van der Waals surface area contributed by atoms with Crippen molar-refractivity contribution in [1.29, 1.82) is 0 Å². The molecule has 2 N–H and O–H groups in total. The molecule has 2 aromatic rings. The molecule has 0 aliphatic carbocycles. The standard InChI is InChI=1S/C22H31NO3/c1-21(2)12-17(24)13-22(3,4)23(21)14-18(25)15-26-20-11-7-9-16-8-5-6-10-19(16)20/h5-11,17-18,24-25H,12-15H2,1-4H3/t18-/m0/s1. The average molecular weight is 357 g/mol. The third-order valence-corrected chi connectivity index (χ3v) is 5.51. The first-order valence-electron chi connectivity index (χ1n) is 9.43. The van der Waals surface area contributed by atoms with E-state index in [4.69, 9.17) is 4.74 Å². The van der Waals surface area contributed by atoms with Gasteiger partial charge in [0, 0.05) is 23.0 Å². The quantitative estimate of drug-likeness (QED) is 0.859. The lowest BCUT2D eigenvalue weighted by Crippen LogP contribution is -2.63. The first-order valence-corrected chi connectivity index (χ1v) is 9.43. The van der Waals surface area contributed by atoms with Gasteiger partial charge in [-0.25, -0.2) is 0 Å². The van der Waals surface area contributed by atoms with E-state index in [0.717, 1.165) is 16.5 Å². The number of hydrogen-bond donors (Lipinski definition) is 2. The topological polar surface area (TPSA) is 52.9 Å². The molecule has 1 heterocycles. The van der Waals surface area contributed by atoms with Gasteiger partial charge in [-0.2, -0.15) is 0 Å². The lowest BCUT2D eigenvalue weighted by molar-refractivity contribution is -0.0999. The van der Waals surface area contributed by atoms with Crippen LogP contribution in [0.2, 0.25) is 0 Å². The number of aliphatic hydroxyl groups excluding tert-OH is 2. The fourth-order valence-corrected chi connectivity index (χ4v) is 4.53. The van der Waals surface area contributed by atoms with E-state index in [9.17, 15) is 10.2 Å². The third kappa shape index (κ3) is 4.03. The Kier molecular flexibility index (Phi) is 5.29. The second kappa shape index (κ2) is 7.18. The highest BCUT2D eigenvalue weighted by Gasteiger charge is 2.45. The Morgan fingerprint density at radius 1 is 1.04 bits per heavy atom. The van der Waals surface area contributed by atoms with Crippen molar-refractivity contribution >= 4 is 10.8 Å². The lowest BCUT2D eigenvalue weighted by atomic mass is 9.78. The van der Waals surface area contributed by atoms with E-state index in [1.54, 1.807) is 0 Å². The van der Waals surface area contributed by atoms with Crippen molar-refractivity contribution in [2.24, 2.45) is 0 Å². The van der Waals surface area contributed by atoms with Crippen molar-refractivity contribution in [3.8, 4) is 5.75 Å². The first kappa shape index (κ1) is 19.2. The number of benzene rings is 2. The van der Waals surface area contributed by atoms with E-state index in [2.05, 4.69) is 44.7 Å². The number of piperidine rings is 1. The Hall–Kier alpha value is -1.62. The minimum atomic E-state index is -0.595. The minimum Gasteiger partial charge on any atom is -0.490 e. The second-order valence-corrected chi connectivity index (χ2v) is 8.74. The molecule has 4 nitrogen and oxygen atoms in total. The Morgan fingerprint density at radius 3 is 2.35 bits per heavy atom. The molecule has 1 aliphatic heterocycles. The number of nitrogens with zero attached hydrogens (tertiary/aromatic N) is 1. The van der Waals surface area contributed by atoms with Crippen molar-refractivity contribution in [2.75, 3.05) is 13.2 Å². The van der Waals surface area contributed by atoms with Crippen molar-refractivity contribution in [2.45, 2.75) is 63.8 Å². The molecule has 142 valence electrons. The number of fused-ring (bicyclic) bond motifs is 1. The highest BCUT2D eigenvalue weighted by molar-refractivity contribution is 5.88. The van der Waals surface area contributed by atoms with Crippen LogP contribution in [-0.4, -0.2) is 51.6 Å². The van der Waals surface area contributed by atoms with Crippen molar-refractivity contribution in [3.63, 3.8) is 0 Å². The van der Waals surface area contributed by atoms with Gasteiger partial charge in [-0.15, -0.1) is 0 Å². The van der Waals surface area contributed by atoms with Crippen molar-refractivity contribution in [1.82, 2.24) is 4.90 Å². The van der Waals surface area contributed by atoms with Gasteiger partial charge < -0.3 is 14.9 Å². The number of rotatable bonds is 5. The molecule has 0 aromatic heterocycles. The van der Waals surface area contributed by atoms with Gasteiger partial charge in [-0.05, 0) is 52.0 Å². The summed E-state index contributed by atoms with van der Waals surface area (Å²) in [5.41, 5.74) is -0.330. The summed E-state index contributed by atoms with van der Waals surface area (Å²) < 4.78 is 5.95. The Labute approximate surface area is 156 Å². The van der Waals surface area contributed by atoms with Gasteiger partial charge in [0.2, 0.25) is 0 Å². The summed E-state index contributed by atoms with van der Waals surface area (Å²) in [4.78, 5) is 2.31.